The second-order valence-electron chi connectivity index (χ2n) is 3.75. The van der Waals surface area contributed by atoms with Crippen molar-refractivity contribution in [1.29, 1.82) is 0 Å². The molecule has 1 heterocycles. The maximum absolute atomic E-state index is 5.70. The lowest BCUT2D eigenvalue weighted by Crippen LogP contribution is -2.25. The fourth-order valence-corrected chi connectivity index (χ4v) is 1.57. The molecule has 0 fully saturated rings. The number of halogens is 2. The van der Waals surface area contributed by atoms with Crippen molar-refractivity contribution in [2.45, 2.75) is 6.42 Å². The minimum absolute atomic E-state index is 0.120. The van der Waals surface area contributed by atoms with E-state index in [1.807, 2.05) is 26.0 Å². The predicted molar refractivity (Wildman–Crippen MR) is 66.3 cm³/mol. The van der Waals surface area contributed by atoms with Crippen molar-refractivity contribution in [3.63, 3.8) is 0 Å². The number of rotatable bonds is 5. The Labute approximate surface area is 105 Å². The third-order valence-electron chi connectivity index (χ3n) is 2.01. The molecule has 5 nitrogen and oxygen atoms in total. The van der Waals surface area contributed by atoms with E-state index < -0.39 is 0 Å². The molecule has 0 unspecified atom stereocenters. The molecular weight excluding hydrogens is 249 g/mol. The molecule has 0 aliphatic heterocycles. The minimum Gasteiger partial charge on any atom is -0.344 e. The summed E-state index contributed by atoms with van der Waals surface area (Å²) in [5.74, 6) is 0.503. The van der Waals surface area contributed by atoms with E-state index in [2.05, 4.69) is 19.9 Å². The van der Waals surface area contributed by atoms with Crippen LogP contribution in [-0.4, -0.2) is 54.1 Å². The van der Waals surface area contributed by atoms with Gasteiger partial charge in [-0.3, -0.25) is 0 Å². The molecule has 0 aliphatic carbocycles. The fourth-order valence-electron chi connectivity index (χ4n) is 1.21. The number of hydrogen-bond acceptors (Lipinski definition) is 5. The van der Waals surface area contributed by atoms with Crippen molar-refractivity contribution in [2.24, 2.45) is 0 Å². The quantitative estimate of drug-likeness (QED) is 0.807. The molecule has 0 amide bonds. The predicted octanol–water partition coefficient (Wildman–Crippen LogP) is 1.57. The number of hydrogen-bond donors (Lipinski definition) is 0. The number of anilines is 1. The van der Waals surface area contributed by atoms with Gasteiger partial charge in [0.1, 0.15) is 0 Å². The molecule has 0 saturated carbocycles. The molecular formula is C9H15Cl2N5. The molecule has 0 aromatic carbocycles. The van der Waals surface area contributed by atoms with Crippen LogP contribution in [0.15, 0.2) is 0 Å². The Morgan fingerprint density at radius 3 is 2.00 bits per heavy atom. The molecule has 7 heteroatoms. The molecule has 0 N–H and O–H groups in total. The topological polar surface area (TPSA) is 45.2 Å². The summed E-state index contributed by atoms with van der Waals surface area (Å²) >= 11 is 11.4. The van der Waals surface area contributed by atoms with Gasteiger partial charge in [-0.05, 0) is 50.3 Å². The molecule has 0 bridgehead atoms. The smallest absolute Gasteiger partial charge is 0.230 e. The Bertz CT molecular complexity index is 324. The molecule has 16 heavy (non-hydrogen) atoms. The van der Waals surface area contributed by atoms with Crippen LogP contribution in [0.5, 0.6) is 0 Å². The zero-order valence-corrected chi connectivity index (χ0v) is 11.1. The van der Waals surface area contributed by atoms with Crippen molar-refractivity contribution < 1.29 is 0 Å². The highest BCUT2D eigenvalue weighted by atomic mass is 35.5. The monoisotopic (exact) mass is 263 g/mol. The van der Waals surface area contributed by atoms with Crippen molar-refractivity contribution in [3.8, 4) is 0 Å². The van der Waals surface area contributed by atoms with Crippen LogP contribution in [0, 0.1) is 0 Å². The van der Waals surface area contributed by atoms with Crippen LogP contribution in [0.4, 0.5) is 5.95 Å². The zero-order valence-electron chi connectivity index (χ0n) is 9.61. The van der Waals surface area contributed by atoms with Gasteiger partial charge in [0.05, 0.1) is 0 Å². The van der Waals surface area contributed by atoms with E-state index in [4.69, 9.17) is 23.2 Å². The summed E-state index contributed by atoms with van der Waals surface area (Å²) in [6.07, 6.45) is 1.02. The summed E-state index contributed by atoms with van der Waals surface area (Å²) in [4.78, 5) is 15.7. The van der Waals surface area contributed by atoms with Gasteiger partial charge in [0.15, 0.2) is 0 Å². The first-order valence-corrected chi connectivity index (χ1v) is 5.67. The Morgan fingerprint density at radius 1 is 0.938 bits per heavy atom. The largest absolute Gasteiger partial charge is 0.344 e. The molecule has 0 aliphatic rings. The van der Waals surface area contributed by atoms with E-state index in [1.54, 1.807) is 0 Å². The molecule has 1 aromatic rings. The van der Waals surface area contributed by atoms with Crippen LogP contribution in [-0.2, 0) is 0 Å². The molecule has 0 radical (unpaired) electrons. The average Bonchev–Trinajstić information content (AvgIpc) is 2.15. The third kappa shape index (κ3) is 4.47. The lowest BCUT2D eigenvalue weighted by molar-refractivity contribution is 0.401. The second kappa shape index (κ2) is 6.18. The van der Waals surface area contributed by atoms with Crippen LogP contribution < -0.4 is 4.90 Å². The third-order valence-corrected chi connectivity index (χ3v) is 2.35. The zero-order chi connectivity index (χ0) is 12.1. The van der Waals surface area contributed by atoms with E-state index in [-0.39, 0.29) is 10.6 Å². The summed E-state index contributed by atoms with van der Waals surface area (Å²) in [5, 5.41) is 0.240. The summed E-state index contributed by atoms with van der Waals surface area (Å²) < 4.78 is 0. The first kappa shape index (κ1) is 13.4. The number of aromatic nitrogens is 3. The summed E-state index contributed by atoms with van der Waals surface area (Å²) in [6.45, 7) is 1.85. The molecule has 1 rings (SSSR count). The van der Waals surface area contributed by atoms with Crippen LogP contribution in [0.1, 0.15) is 6.42 Å². The van der Waals surface area contributed by atoms with Gasteiger partial charge >= 0.3 is 0 Å². The maximum Gasteiger partial charge on any atom is 0.230 e. The molecule has 1 aromatic heterocycles. The Morgan fingerprint density at radius 2 is 1.50 bits per heavy atom. The van der Waals surface area contributed by atoms with E-state index in [9.17, 15) is 0 Å². The average molecular weight is 264 g/mol. The van der Waals surface area contributed by atoms with Crippen LogP contribution in [0.25, 0.3) is 0 Å². The van der Waals surface area contributed by atoms with Gasteiger partial charge in [0.2, 0.25) is 16.5 Å². The normalized spacial score (nSPS) is 10.9. The summed E-state index contributed by atoms with van der Waals surface area (Å²) in [6, 6.07) is 0. The standard InChI is InChI=1S/C9H15Cl2N5/c1-15(2)5-4-6-16(3)9-13-7(10)12-8(11)14-9/h4-6H2,1-3H3. The van der Waals surface area contributed by atoms with Gasteiger partial charge in [-0.15, -0.1) is 0 Å². The van der Waals surface area contributed by atoms with Gasteiger partial charge in [-0.1, -0.05) is 0 Å². The van der Waals surface area contributed by atoms with E-state index in [0.29, 0.717) is 5.95 Å². The van der Waals surface area contributed by atoms with Gasteiger partial charge in [-0.25, -0.2) is 0 Å². The highest BCUT2D eigenvalue weighted by Crippen LogP contribution is 2.12. The lowest BCUT2D eigenvalue weighted by atomic mass is 10.4. The Kier molecular flexibility index (Phi) is 5.18. The molecule has 0 spiro atoms. The van der Waals surface area contributed by atoms with Gasteiger partial charge in [-0.2, -0.15) is 15.0 Å². The van der Waals surface area contributed by atoms with Crippen LogP contribution >= 0.6 is 23.2 Å². The van der Waals surface area contributed by atoms with E-state index in [0.717, 1.165) is 19.5 Å². The maximum atomic E-state index is 5.70. The first-order valence-electron chi connectivity index (χ1n) is 4.92. The van der Waals surface area contributed by atoms with Crippen LogP contribution in [0.2, 0.25) is 10.6 Å². The molecule has 90 valence electrons. The second-order valence-corrected chi connectivity index (χ2v) is 4.43. The summed E-state index contributed by atoms with van der Waals surface area (Å²) in [7, 11) is 5.98. The van der Waals surface area contributed by atoms with Crippen molar-refractivity contribution >= 4 is 29.2 Å². The number of nitrogens with zero attached hydrogens (tertiary/aromatic N) is 5. The molecule has 0 saturated heterocycles. The minimum atomic E-state index is 0.120. The van der Waals surface area contributed by atoms with E-state index >= 15 is 0 Å². The van der Waals surface area contributed by atoms with Crippen molar-refractivity contribution in [2.75, 3.05) is 39.1 Å². The first-order chi connectivity index (χ1) is 7.49. The molecule has 0 atom stereocenters. The lowest BCUT2D eigenvalue weighted by Gasteiger charge is -2.18. The highest BCUT2D eigenvalue weighted by Gasteiger charge is 2.07. The highest BCUT2D eigenvalue weighted by molar-refractivity contribution is 6.31. The summed E-state index contributed by atoms with van der Waals surface area (Å²) in [5.41, 5.74) is 0. The van der Waals surface area contributed by atoms with Crippen molar-refractivity contribution in [1.82, 2.24) is 19.9 Å². The van der Waals surface area contributed by atoms with Gasteiger partial charge in [0, 0.05) is 13.6 Å². The van der Waals surface area contributed by atoms with Crippen LogP contribution in [0.3, 0.4) is 0 Å². The van der Waals surface area contributed by atoms with Gasteiger partial charge in [0.25, 0.3) is 0 Å². The van der Waals surface area contributed by atoms with Gasteiger partial charge < -0.3 is 9.80 Å². The Balaban J connectivity index is 2.55. The van der Waals surface area contributed by atoms with Crippen molar-refractivity contribution in [3.05, 3.63) is 10.6 Å². The SMILES string of the molecule is CN(C)CCCN(C)c1nc(Cl)nc(Cl)n1. The fraction of sp³-hybridized carbons (Fsp3) is 0.667. The Hall–Kier alpha value is -0.650. The van der Waals surface area contributed by atoms with E-state index in [1.165, 1.54) is 0 Å².